The summed E-state index contributed by atoms with van der Waals surface area (Å²) < 4.78 is -1.79. The monoisotopic (exact) mass is 519 g/mol. The Hall–Kier alpha value is -0.170. The highest BCUT2D eigenvalue weighted by Crippen LogP contribution is 2.29. The Kier molecular flexibility index (Phi) is 13.0. The minimum Gasteiger partial charge on any atom is -0.339 e. The average Bonchev–Trinajstić information content (AvgIpc) is 2.62. The molecule has 0 aliphatic rings. The van der Waals surface area contributed by atoms with Crippen molar-refractivity contribution in [3.05, 3.63) is 28.2 Å². The van der Waals surface area contributed by atoms with Crippen LogP contribution >= 0.6 is 70.2 Å². The van der Waals surface area contributed by atoms with E-state index in [1.807, 2.05) is 0 Å². The topological polar surface area (TPSA) is 53.2 Å². The maximum absolute atomic E-state index is 12.2. The molecule has 1 aromatic carbocycles. The standard InChI is InChI=1S/C19H26Cl5N3OS/c1-2-3-4-5-6-7-8-9-16(28)26-17(19(22,23)24)27-18(29)25-13-10-11-14(20)15(21)12-13/h10-12,17H,2-9H2,1H3,(H,26,28)(H2,25,27,29)/t17-/m0/s1. The maximum Gasteiger partial charge on any atom is 0.228 e. The predicted molar refractivity (Wildman–Crippen MR) is 131 cm³/mol. The van der Waals surface area contributed by atoms with E-state index in [1.165, 1.54) is 25.7 Å². The zero-order valence-corrected chi connectivity index (χ0v) is 20.8. The van der Waals surface area contributed by atoms with Crippen LogP contribution in [0.4, 0.5) is 5.69 Å². The second kappa shape index (κ2) is 14.0. The smallest absolute Gasteiger partial charge is 0.228 e. The van der Waals surface area contributed by atoms with E-state index >= 15 is 0 Å². The van der Waals surface area contributed by atoms with Crippen molar-refractivity contribution in [2.45, 2.75) is 68.2 Å². The second-order valence-corrected chi connectivity index (χ2v) is 10.2. The first-order chi connectivity index (χ1) is 13.6. The molecule has 0 unspecified atom stereocenters. The van der Waals surface area contributed by atoms with Gasteiger partial charge in [0.05, 0.1) is 10.0 Å². The molecule has 10 heteroatoms. The number of nitrogens with one attached hydrogen (secondary N) is 3. The summed E-state index contributed by atoms with van der Waals surface area (Å²) in [6.45, 7) is 2.19. The van der Waals surface area contributed by atoms with E-state index in [9.17, 15) is 4.79 Å². The Bertz CT molecular complexity index is 670. The van der Waals surface area contributed by atoms with Gasteiger partial charge in [-0.2, -0.15) is 0 Å². The third-order valence-corrected chi connectivity index (χ3v) is 5.71. The molecule has 0 aliphatic carbocycles. The fraction of sp³-hybridized carbons (Fsp3) is 0.579. The van der Waals surface area contributed by atoms with Crippen LogP contribution in [-0.2, 0) is 4.79 Å². The highest BCUT2D eigenvalue weighted by Gasteiger charge is 2.34. The summed E-state index contributed by atoms with van der Waals surface area (Å²) >= 11 is 35.1. The van der Waals surface area contributed by atoms with Crippen LogP contribution in [0.15, 0.2) is 18.2 Å². The van der Waals surface area contributed by atoms with Gasteiger partial charge in [-0.05, 0) is 36.8 Å². The van der Waals surface area contributed by atoms with E-state index in [4.69, 9.17) is 70.2 Å². The molecule has 0 saturated heterocycles. The third kappa shape index (κ3) is 11.7. The van der Waals surface area contributed by atoms with Gasteiger partial charge in [0.15, 0.2) is 5.11 Å². The molecule has 0 aromatic heterocycles. The average molecular weight is 522 g/mol. The Balaban J connectivity index is 2.47. The number of carbonyl (C=O) groups excluding carboxylic acids is 1. The van der Waals surface area contributed by atoms with Crippen LogP contribution in [0, 0.1) is 0 Å². The van der Waals surface area contributed by atoms with Gasteiger partial charge in [0.25, 0.3) is 0 Å². The summed E-state index contributed by atoms with van der Waals surface area (Å²) in [6.07, 6.45) is 7.19. The van der Waals surface area contributed by atoms with Crippen LogP contribution in [0.2, 0.25) is 10.0 Å². The van der Waals surface area contributed by atoms with Crippen LogP contribution in [0.5, 0.6) is 0 Å². The Morgan fingerprint density at radius 1 is 1.00 bits per heavy atom. The molecule has 0 bridgehead atoms. The Morgan fingerprint density at radius 3 is 2.21 bits per heavy atom. The summed E-state index contributed by atoms with van der Waals surface area (Å²) in [4.78, 5) is 12.2. The van der Waals surface area contributed by atoms with Gasteiger partial charge in [0.1, 0.15) is 6.17 Å². The molecule has 1 amide bonds. The fourth-order valence-electron chi connectivity index (χ4n) is 2.55. The lowest BCUT2D eigenvalue weighted by Crippen LogP contribution is -2.56. The minimum atomic E-state index is -1.79. The zero-order valence-electron chi connectivity index (χ0n) is 16.2. The number of unbranched alkanes of at least 4 members (excludes halogenated alkanes) is 6. The molecule has 1 rings (SSSR count). The van der Waals surface area contributed by atoms with Crippen molar-refractivity contribution in [1.29, 1.82) is 0 Å². The van der Waals surface area contributed by atoms with Gasteiger partial charge in [-0.25, -0.2) is 0 Å². The third-order valence-electron chi connectivity index (χ3n) is 4.09. The summed E-state index contributed by atoms with van der Waals surface area (Å²) in [7, 11) is 0. The molecule has 0 saturated carbocycles. The van der Waals surface area contributed by atoms with E-state index in [-0.39, 0.29) is 11.0 Å². The molecule has 0 spiro atoms. The first kappa shape index (κ1) is 26.9. The lowest BCUT2D eigenvalue weighted by molar-refractivity contribution is -0.122. The van der Waals surface area contributed by atoms with E-state index < -0.39 is 9.96 Å². The lowest BCUT2D eigenvalue weighted by Gasteiger charge is -2.27. The number of halogens is 5. The quantitative estimate of drug-likeness (QED) is 0.124. The fourth-order valence-corrected chi connectivity index (χ4v) is 3.41. The van der Waals surface area contributed by atoms with Gasteiger partial charge in [-0.3, -0.25) is 4.79 Å². The van der Waals surface area contributed by atoms with E-state index in [0.717, 1.165) is 19.3 Å². The predicted octanol–water partition coefficient (Wildman–Crippen LogP) is 7.23. The molecule has 0 aliphatic heterocycles. The van der Waals surface area contributed by atoms with Crippen LogP contribution in [0.25, 0.3) is 0 Å². The molecule has 1 atom stereocenters. The van der Waals surface area contributed by atoms with Gasteiger partial charge in [0.2, 0.25) is 9.70 Å². The highest BCUT2D eigenvalue weighted by atomic mass is 35.6. The van der Waals surface area contributed by atoms with Crippen LogP contribution < -0.4 is 16.0 Å². The van der Waals surface area contributed by atoms with Crippen LogP contribution in [-0.4, -0.2) is 21.0 Å². The van der Waals surface area contributed by atoms with Gasteiger partial charge < -0.3 is 16.0 Å². The summed E-state index contributed by atoms with van der Waals surface area (Å²) in [5, 5.41) is 9.37. The van der Waals surface area contributed by atoms with E-state index in [0.29, 0.717) is 22.2 Å². The van der Waals surface area contributed by atoms with Crippen molar-refractivity contribution >= 4 is 86.9 Å². The van der Waals surface area contributed by atoms with Gasteiger partial charge in [0, 0.05) is 12.1 Å². The first-order valence-corrected chi connectivity index (χ1v) is 11.8. The summed E-state index contributed by atoms with van der Waals surface area (Å²) in [5.74, 6) is -0.209. The number of benzene rings is 1. The molecular formula is C19H26Cl5N3OS. The van der Waals surface area contributed by atoms with Crippen LogP contribution in [0.3, 0.4) is 0 Å². The zero-order chi connectivity index (χ0) is 21.9. The molecule has 0 heterocycles. The van der Waals surface area contributed by atoms with Crippen molar-refractivity contribution in [1.82, 2.24) is 10.6 Å². The number of hydrogen-bond acceptors (Lipinski definition) is 2. The van der Waals surface area contributed by atoms with Crippen molar-refractivity contribution in [2.75, 3.05) is 5.32 Å². The van der Waals surface area contributed by atoms with E-state index in [1.54, 1.807) is 18.2 Å². The molecule has 29 heavy (non-hydrogen) atoms. The maximum atomic E-state index is 12.2. The summed E-state index contributed by atoms with van der Waals surface area (Å²) in [5.41, 5.74) is 0.606. The van der Waals surface area contributed by atoms with Gasteiger partial charge in [-0.15, -0.1) is 0 Å². The molecule has 3 N–H and O–H groups in total. The number of hydrogen-bond donors (Lipinski definition) is 3. The number of rotatable bonds is 11. The molecule has 4 nitrogen and oxygen atoms in total. The van der Waals surface area contributed by atoms with Gasteiger partial charge >= 0.3 is 0 Å². The van der Waals surface area contributed by atoms with Crippen molar-refractivity contribution in [2.24, 2.45) is 0 Å². The Labute approximate surface area is 203 Å². The first-order valence-electron chi connectivity index (χ1n) is 9.52. The molecule has 0 radical (unpaired) electrons. The molecule has 0 fully saturated rings. The minimum absolute atomic E-state index is 0.163. The number of thiocarbonyl (C=S) groups is 1. The number of alkyl halides is 3. The molecular weight excluding hydrogens is 496 g/mol. The number of anilines is 1. The normalized spacial score (nSPS) is 12.3. The SMILES string of the molecule is CCCCCCCCCC(=O)N[C@@H](NC(=S)Nc1ccc(Cl)c(Cl)c1)C(Cl)(Cl)Cl. The molecule has 1 aromatic rings. The lowest BCUT2D eigenvalue weighted by atomic mass is 10.1. The summed E-state index contributed by atoms with van der Waals surface area (Å²) in [6, 6.07) is 4.94. The van der Waals surface area contributed by atoms with E-state index in [2.05, 4.69) is 22.9 Å². The van der Waals surface area contributed by atoms with Crippen molar-refractivity contribution in [3.8, 4) is 0 Å². The second-order valence-electron chi connectivity index (χ2n) is 6.64. The van der Waals surface area contributed by atoms with Crippen molar-refractivity contribution in [3.63, 3.8) is 0 Å². The number of carbonyl (C=O) groups is 1. The molecule has 164 valence electrons. The highest BCUT2D eigenvalue weighted by molar-refractivity contribution is 7.80. The van der Waals surface area contributed by atoms with Crippen LogP contribution in [0.1, 0.15) is 58.3 Å². The number of amides is 1. The van der Waals surface area contributed by atoms with Crippen molar-refractivity contribution < 1.29 is 4.79 Å². The van der Waals surface area contributed by atoms with Gasteiger partial charge in [-0.1, -0.05) is 103 Å². The Morgan fingerprint density at radius 2 is 1.62 bits per heavy atom. The largest absolute Gasteiger partial charge is 0.339 e.